The second kappa shape index (κ2) is 1.89. The van der Waals surface area contributed by atoms with Crippen LogP contribution in [0, 0.1) is 0 Å². The molecule has 0 aromatic rings. The van der Waals surface area contributed by atoms with Gasteiger partial charge < -0.3 is 5.32 Å². The van der Waals surface area contributed by atoms with Crippen LogP contribution in [0.25, 0.3) is 0 Å². The van der Waals surface area contributed by atoms with E-state index in [4.69, 9.17) is 0 Å². The summed E-state index contributed by atoms with van der Waals surface area (Å²) in [6.07, 6.45) is 7.26. The van der Waals surface area contributed by atoms with Crippen LogP contribution in [0.1, 0.15) is 13.3 Å². The minimum Gasteiger partial charge on any atom is -0.354 e. The Morgan fingerprint density at radius 2 is 2.50 bits per heavy atom. The molecule has 0 amide bonds. The third-order valence-electron chi connectivity index (χ3n) is 1.80. The van der Waals surface area contributed by atoms with Crippen molar-refractivity contribution in [1.82, 2.24) is 5.32 Å². The highest BCUT2D eigenvalue weighted by molar-refractivity contribution is 5.44. The summed E-state index contributed by atoms with van der Waals surface area (Å²) < 4.78 is 0. The van der Waals surface area contributed by atoms with Gasteiger partial charge in [0.1, 0.15) is 0 Å². The maximum atomic E-state index is 3.15. The molecule has 0 bridgehead atoms. The van der Waals surface area contributed by atoms with Gasteiger partial charge in [-0.15, -0.1) is 0 Å². The van der Waals surface area contributed by atoms with E-state index in [-0.39, 0.29) is 0 Å². The van der Waals surface area contributed by atoms with Crippen molar-refractivity contribution in [3.05, 3.63) is 40.9 Å². The zero-order chi connectivity index (χ0) is 6.97. The Balaban J connectivity index is 2.42. The molecule has 0 unspecified atom stereocenters. The van der Waals surface area contributed by atoms with Gasteiger partial charge in [-0.2, -0.15) is 0 Å². The van der Waals surface area contributed by atoms with Gasteiger partial charge in [0.15, 0.2) is 0 Å². The molecule has 1 nitrogen and oxygen atoms in total. The van der Waals surface area contributed by atoms with E-state index < -0.39 is 0 Å². The van der Waals surface area contributed by atoms with E-state index in [0.717, 1.165) is 6.42 Å². The monoisotopic (exact) mass is 131 g/mol. The average molecular weight is 131 g/mol. The molecule has 2 rings (SSSR count). The molecular formula is C9H9N. The predicted molar refractivity (Wildman–Crippen MR) is 41.2 cm³/mol. The Bertz CT molecular complexity index is 286. The first-order chi connectivity index (χ1) is 4.86. The number of hydrogen-bond donors (Lipinski definition) is 1. The third-order valence-corrected chi connectivity index (χ3v) is 1.80. The van der Waals surface area contributed by atoms with Crippen LogP contribution in [-0.4, -0.2) is 0 Å². The first-order valence-electron chi connectivity index (χ1n) is 3.46. The van der Waals surface area contributed by atoms with Crippen LogP contribution in [0.2, 0.25) is 0 Å². The van der Waals surface area contributed by atoms with Gasteiger partial charge in [0.25, 0.3) is 0 Å². The van der Waals surface area contributed by atoms with Crippen LogP contribution < -0.4 is 5.32 Å². The maximum Gasteiger partial charge on any atom is 0.0501 e. The van der Waals surface area contributed by atoms with E-state index in [0.29, 0.717) is 0 Å². The molecule has 0 saturated carbocycles. The fraction of sp³-hybridized carbons (Fsp3) is 0.222. The lowest BCUT2D eigenvalue weighted by Gasteiger charge is -2.08. The van der Waals surface area contributed by atoms with Crippen molar-refractivity contribution in [2.24, 2.45) is 0 Å². The molecule has 50 valence electrons. The van der Waals surface area contributed by atoms with Gasteiger partial charge in [-0.25, -0.2) is 0 Å². The molecule has 0 atom stereocenters. The zero-order valence-electron chi connectivity index (χ0n) is 5.94. The normalized spacial score (nSPS) is 20.7. The Kier molecular flexibility index (Phi) is 1.06. The zero-order valence-corrected chi connectivity index (χ0v) is 5.94. The standard InChI is InChI=1S/C9H9N/c1-7-2-3-8-4-5-10-9(8)6-7/h2,5-6,10H,3H2,1H3. The van der Waals surface area contributed by atoms with Gasteiger partial charge in [0, 0.05) is 18.2 Å². The first-order valence-corrected chi connectivity index (χ1v) is 3.46. The van der Waals surface area contributed by atoms with Crippen LogP contribution in [0.5, 0.6) is 0 Å². The van der Waals surface area contributed by atoms with Gasteiger partial charge in [-0.3, -0.25) is 0 Å². The molecule has 1 heterocycles. The molecule has 0 radical (unpaired) electrons. The molecular weight excluding hydrogens is 122 g/mol. The topological polar surface area (TPSA) is 12.0 Å². The molecule has 10 heavy (non-hydrogen) atoms. The summed E-state index contributed by atoms with van der Waals surface area (Å²) in [5.41, 5.74) is 6.99. The van der Waals surface area contributed by atoms with Gasteiger partial charge in [-0.05, 0) is 13.0 Å². The summed E-state index contributed by atoms with van der Waals surface area (Å²) in [5.74, 6) is 0. The minimum absolute atomic E-state index is 1.03. The second-order valence-electron chi connectivity index (χ2n) is 2.62. The first kappa shape index (κ1) is 5.57. The molecule has 0 fully saturated rings. The van der Waals surface area contributed by atoms with E-state index in [2.05, 4.69) is 30.1 Å². The van der Waals surface area contributed by atoms with Gasteiger partial charge in [0.05, 0.1) is 5.70 Å². The van der Waals surface area contributed by atoms with E-state index >= 15 is 0 Å². The van der Waals surface area contributed by atoms with E-state index in [1.807, 2.05) is 6.20 Å². The number of allylic oxidation sites excluding steroid dienone is 4. The Morgan fingerprint density at radius 3 is 3.40 bits per heavy atom. The average Bonchev–Trinajstić information content (AvgIpc) is 2.33. The van der Waals surface area contributed by atoms with E-state index in [9.17, 15) is 0 Å². The van der Waals surface area contributed by atoms with E-state index in [1.165, 1.54) is 16.8 Å². The van der Waals surface area contributed by atoms with Crippen LogP contribution >= 0.6 is 0 Å². The highest BCUT2D eigenvalue weighted by atomic mass is 14.9. The number of fused-ring (bicyclic) bond motifs is 1. The van der Waals surface area contributed by atoms with Crippen molar-refractivity contribution < 1.29 is 0 Å². The number of nitrogens with one attached hydrogen (secondary N) is 1. The summed E-state index contributed by atoms with van der Waals surface area (Å²) in [6.45, 7) is 2.11. The van der Waals surface area contributed by atoms with Crippen LogP contribution in [0.3, 0.4) is 0 Å². The summed E-state index contributed by atoms with van der Waals surface area (Å²) in [7, 11) is 0. The molecule has 0 spiro atoms. The Labute approximate surface area is 60.4 Å². The molecule has 0 aromatic heterocycles. The fourth-order valence-electron chi connectivity index (χ4n) is 1.21. The summed E-state index contributed by atoms with van der Waals surface area (Å²) in [6, 6.07) is 0. The molecule has 1 N–H and O–H groups in total. The molecule has 1 heteroatoms. The van der Waals surface area contributed by atoms with Crippen LogP contribution in [-0.2, 0) is 0 Å². The predicted octanol–water partition coefficient (Wildman–Crippen LogP) is 1.86. The van der Waals surface area contributed by atoms with Crippen LogP contribution in [0.15, 0.2) is 40.9 Å². The lowest BCUT2D eigenvalue weighted by atomic mass is 10.0. The number of hydrogen-bond acceptors (Lipinski definition) is 1. The fourth-order valence-corrected chi connectivity index (χ4v) is 1.21. The number of rotatable bonds is 0. The van der Waals surface area contributed by atoms with Crippen molar-refractivity contribution in [2.45, 2.75) is 13.3 Å². The smallest absolute Gasteiger partial charge is 0.0501 e. The van der Waals surface area contributed by atoms with Crippen molar-refractivity contribution in [1.29, 1.82) is 0 Å². The lowest BCUT2D eigenvalue weighted by Crippen LogP contribution is -2.04. The van der Waals surface area contributed by atoms with Gasteiger partial charge in [-0.1, -0.05) is 17.4 Å². The highest BCUT2D eigenvalue weighted by Crippen LogP contribution is 2.22. The van der Waals surface area contributed by atoms with E-state index in [1.54, 1.807) is 0 Å². The highest BCUT2D eigenvalue weighted by Gasteiger charge is 2.09. The minimum atomic E-state index is 1.03. The Morgan fingerprint density at radius 1 is 1.60 bits per heavy atom. The largest absolute Gasteiger partial charge is 0.354 e. The van der Waals surface area contributed by atoms with Crippen molar-refractivity contribution in [3.63, 3.8) is 0 Å². The van der Waals surface area contributed by atoms with Crippen LogP contribution in [0.4, 0.5) is 0 Å². The molecule has 2 aliphatic rings. The summed E-state index contributed by atoms with van der Waals surface area (Å²) >= 11 is 0. The molecule has 1 aliphatic carbocycles. The van der Waals surface area contributed by atoms with Crippen molar-refractivity contribution >= 4 is 0 Å². The van der Waals surface area contributed by atoms with Gasteiger partial charge >= 0.3 is 0 Å². The summed E-state index contributed by atoms with van der Waals surface area (Å²) in [5, 5.41) is 3.14. The molecule has 0 aromatic carbocycles. The second-order valence-corrected chi connectivity index (χ2v) is 2.62. The molecule has 1 aliphatic heterocycles. The maximum absolute atomic E-state index is 3.15. The van der Waals surface area contributed by atoms with Crippen molar-refractivity contribution in [3.8, 4) is 0 Å². The Hall–Kier alpha value is -1.20. The molecule has 0 saturated heterocycles. The van der Waals surface area contributed by atoms with Gasteiger partial charge in [0.2, 0.25) is 0 Å². The van der Waals surface area contributed by atoms with Crippen molar-refractivity contribution in [2.75, 3.05) is 0 Å². The lowest BCUT2D eigenvalue weighted by molar-refractivity contribution is 1.05. The SMILES string of the molecule is CC1=CCC2=C=CNC2=C1. The third kappa shape index (κ3) is 0.722. The quantitative estimate of drug-likeness (QED) is 0.495. The summed E-state index contributed by atoms with van der Waals surface area (Å²) in [4.78, 5) is 0.